The van der Waals surface area contributed by atoms with Crippen LogP contribution in [0.2, 0.25) is 0 Å². The topological polar surface area (TPSA) is 72.9 Å². The summed E-state index contributed by atoms with van der Waals surface area (Å²) in [6, 6.07) is 13.2. The molecule has 2 aromatic carbocycles. The second kappa shape index (κ2) is 8.69. The maximum atomic E-state index is 12.9. The van der Waals surface area contributed by atoms with Crippen LogP contribution in [0, 0.1) is 5.92 Å². The molecule has 1 aliphatic heterocycles. The minimum atomic E-state index is -0.965. The monoisotopic (exact) mass is 409 g/mol. The van der Waals surface area contributed by atoms with E-state index in [1.807, 2.05) is 54.6 Å². The summed E-state index contributed by atoms with van der Waals surface area (Å²) in [5, 5.41) is 2.26. The number of methoxy groups -OCH3 is 1. The molecule has 0 unspecified atom stereocenters. The van der Waals surface area contributed by atoms with E-state index in [1.54, 1.807) is 20.8 Å². The summed E-state index contributed by atoms with van der Waals surface area (Å²) in [6.45, 7) is 5.13. The highest BCUT2D eigenvalue weighted by atomic mass is 16.6. The van der Waals surface area contributed by atoms with Gasteiger partial charge in [0.15, 0.2) is 0 Å². The van der Waals surface area contributed by atoms with Gasteiger partial charge in [0, 0.05) is 5.92 Å². The second-order valence-corrected chi connectivity index (χ2v) is 8.37. The number of amides is 2. The van der Waals surface area contributed by atoms with E-state index in [4.69, 9.17) is 9.47 Å². The zero-order valence-electron chi connectivity index (χ0n) is 17.8. The summed E-state index contributed by atoms with van der Waals surface area (Å²) in [7, 11) is 1.24. The number of rotatable bonds is 4. The van der Waals surface area contributed by atoms with Crippen molar-refractivity contribution in [1.82, 2.24) is 4.90 Å². The zero-order chi connectivity index (χ0) is 21.9. The fourth-order valence-corrected chi connectivity index (χ4v) is 3.64. The van der Waals surface area contributed by atoms with E-state index >= 15 is 0 Å². The van der Waals surface area contributed by atoms with Gasteiger partial charge in [-0.3, -0.25) is 4.79 Å². The SMILES string of the molecule is COC(=O)[C@@H]1C[C@@H](C/C=C/c2cccc3ccccc23)C(=O)N1C(=O)OC(C)(C)C. The van der Waals surface area contributed by atoms with Crippen LogP contribution in [0.25, 0.3) is 16.8 Å². The summed E-state index contributed by atoms with van der Waals surface area (Å²) in [5.74, 6) is -1.52. The molecule has 1 saturated heterocycles. The van der Waals surface area contributed by atoms with Crippen molar-refractivity contribution in [1.29, 1.82) is 0 Å². The third kappa shape index (κ3) is 4.70. The Labute approximate surface area is 176 Å². The highest BCUT2D eigenvalue weighted by Crippen LogP contribution is 2.30. The highest BCUT2D eigenvalue weighted by molar-refractivity contribution is 6.01. The molecule has 2 amide bonds. The third-order valence-electron chi connectivity index (χ3n) is 5.01. The average molecular weight is 409 g/mol. The number of nitrogens with zero attached hydrogens (tertiary/aromatic N) is 1. The van der Waals surface area contributed by atoms with E-state index in [9.17, 15) is 14.4 Å². The van der Waals surface area contributed by atoms with Crippen molar-refractivity contribution in [3.63, 3.8) is 0 Å². The molecule has 0 aliphatic carbocycles. The van der Waals surface area contributed by atoms with E-state index in [0.717, 1.165) is 21.2 Å². The molecule has 3 rings (SSSR count). The summed E-state index contributed by atoms with van der Waals surface area (Å²) in [5.41, 5.74) is 0.275. The van der Waals surface area contributed by atoms with Gasteiger partial charge in [-0.05, 0) is 49.9 Å². The lowest BCUT2D eigenvalue weighted by molar-refractivity contribution is -0.148. The molecule has 1 fully saturated rings. The molecule has 0 spiro atoms. The first-order valence-electron chi connectivity index (χ1n) is 9.99. The minimum Gasteiger partial charge on any atom is -0.467 e. The molecule has 0 N–H and O–H groups in total. The van der Waals surface area contributed by atoms with Crippen molar-refractivity contribution < 1.29 is 23.9 Å². The molecule has 2 atom stereocenters. The Bertz CT molecular complexity index is 983. The van der Waals surface area contributed by atoms with Crippen LogP contribution >= 0.6 is 0 Å². The quantitative estimate of drug-likeness (QED) is 0.692. The number of benzene rings is 2. The molecule has 0 saturated carbocycles. The molecule has 1 heterocycles. The van der Waals surface area contributed by atoms with Gasteiger partial charge in [-0.15, -0.1) is 0 Å². The number of hydrogen-bond acceptors (Lipinski definition) is 5. The molecule has 0 radical (unpaired) electrons. The molecule has 30 heavy (non-hydrogen) atoms. The minimum absolute atomic E-state index is 0.213. The van der Waals surface area contributed by atoms with E-state index in [-0.39, 0.29) is 6.42 Å². The van der Waals surface area contributed by atoms with Gasteiger partial charge in [-0.1, -0.05) is 54.6 Å². The summed E-state index contributed by atoms with van der Waals surface area (Å²) in [4.78, 5) is 38.5. The van der Waals surface area contributed by atoms with Crippen LogP contribution in [0.1, 0.15) is 39.2 Å². The average Bonchev–Trinajstić information content (AvgIpc) is 3.03. The molecule has 0 bridgehead atoms. The van der Waals surface area contributed by atoms with E-state index in [1.165, 1.54) is 7.11 Å². The maximum Gasteiger partial charge on any atom is 0.417 e. The van der Waals surface area contributed by atoms with Gasteiger partial charge in [-0.2, -0.15) is 0 Å². The maximum absolute atomic E-state index is 12.9. The Hall–Kier alpha value is -3.15. The number of carbonyl (C=O) groups is 3. The van der Waals surface area contributed by atoms with Crippen LogP contribution < -0.4 is 0 Å². The molecule has 2 aromatic rings. The van der Waals surface area contributed by atoms with Gasteiger partial charge in [0.2, 0.25) is 5.91 Å². The van der Waals surface area contributed by atoms with E-state index < -0.39 is 35.5 Å². The molecular formula is C24H27NO5. The fraction of sp³-hybridized carbons (Fsp3) is 0.375. The van der Waals surface area contributed by atoms with Crippen LogP contribution in [0.4, 0.5) is 4.79 Å². The number of esters is 1. The van der Waals surface area contributed by atoms with Gasteiger partial charge < -0.3 is 9.47 Å². The van der Waals surface area contributed by atoms with Gasteiger partial charge in [0.1, 0.15) is 11.6 Å². The van der Waals surface area contributed by atoms with Crippen LogP contribution in [0.3, 0.4) is 0 Å². The molecule has 0 aromatic heterocycles. The first-order chi connectivity index (χ1) is 14.2. The highest BCUT2D eigenvalue weighted by Gasteiger charge is 2.48. The predicted molar refractivity (Wildman–Crippen MR) is 115 cm³/mol. The number of imide groups is 1. The molecular weight excluding hydrogens is 382 g/mol. The smallest absolute Gasteiger partial charge is 0.417 e. The van der Waals surface area contributed by atoms with Crippen molar-refractivity contribution in [3.05, 3.63) is 54.1 Å². The number of allylic oxidation sites excluding steroid dienone is 1. The number of fused-ring (bicyclic) bond motifs is 1. The summed E-state index contributed by atoms with van der Waals surface area (Å²) in [6.07, 6.45) is 3.69. The Morgan fingerprint density at radius 3 is 2.53 bits per heavy atom. The molecule has 6 nitrogen and oxygen atoms in total. The lowest BCUT2D eigenvalue weighted by atomic mass is 9.99. The van der Waals surface area contributed by atoms with Crippen molar-refractivity contribution in [2.75, 3.05) is 7.11 Å². The van der Waals surface area contributed by atoms with Crippen molar-refractivity contribution in [3.8, 4) is 0 Å². The van der Waals surface area contributed by atoms with Crippen molar-refractivity contribution in [2.24, 2.45) is 5.92 Å². The van der Waals surface area contributed by atoms with Crippen molar-refractivity contribution >= 4 is 34.8 Å². The Morgan fingerprint density at radius 2 is 1.83 bits per heavy atom. The fourth-order valence-electron chi connectivity index (χ4n) is 3.64. The molecule has 158 valence electrons. The number of carbonyl (C=O) groups excluding carboxylic acids is 3. The summed E-state index contributed by atoms with van der Waals surface area (Å²) >= 11 is 0. The predicted octanol–water partition coefficient (Wildman–Crippen LogP) is 4.57. The number of likely N-dealkylation sites (tertiary alicyclic amines) is 1. The largest absolute Gasteiger partial charge is 0.467 e. The van der Waals surface area contributed by atoms with Crippen LogP contribution in [-0.4, -0.2) is 41.6 Å². The third-order valence-corrected chi connectivity index (χ3v) is 5.01. The lowest BCUT2D eigenvalue weighted by Crippen LogP contribution is -2.46. The van der Waals surface area contributed by atoms with Gasteiger partial charge in [-0.25, -0.2) is 14.5 Å². The standard InChI is InChI=1S/C24H27NO5/c1-24(2,3)30-23(28)25-20(22(27)29-4)15-18(21(25)26)13-8-12-17-11-7-10-16-9-5-6-14-19(16)17/h5-12,14,18,20H,13,15H2,1-4H3/b12-8+/t18-,20+/m1/s1. The molecule has 6 heteroatoms. The van der Waals surface area contributed by atoms with Gasteiger partial charge in [0.05, 0.1) is 7.11 Å². The normalized spacial score (nSPS) is 19.5. The molecule has 1 aliphatic rings. The van der Waals surface area contributed by atoms with Gasteiger partial charge >= 0.3 is 12.1 Å². The Kier molecular flexibility index (Phi) is 6.25. The Balaban J connectivity index is 1.77. The second-order valence-electron chi connectivity index (χ2n) is 8.37. The van der Waals surface area contributed by atoms with E-state index in [0.29, 0.717) is 6.42 Å². The van der Waals surface area contributed by atoms with Crippen LogP contribution in [0.5, 0.6) is 0 Å². The Morgan fingerprint density at radius 1 is 1.13 bits per heavy atom. The van der Waals surface area contributed by atoms with Crippen molar-refractivity contribution in [2.45, 2.75) is 45.3 Å². The van der Waals surface area contributed by atoms with Gasteiger partial charge in [0.25, 0.3) is 0 Å². The van der Waals surface area contributed by atoms with Crippen LogP contribution in [0.15, 0.2) is 48.5 Å². The first-order valence-corrected chi connectivity index (χ1v) is 9.99. The van der Waals surface area contributed by atoms with Crippen LogP contribution in [-0.2, 0) is 19.1 Å². The lowest BCUT2D eigenvalue weighted by Gasteiger charge is -2.26. The summed E-state index contributed by atoms with van der Waals surface area (Å²) < 4.78 is 10.1. The first kappa shape index (κ1) is 21.6. The zero-order valence-corrected chi connectivity index (χ0v) is 17.8. The van der Waals surface area contributed by atoms with E-state index in [2.05, 4.69) is 0 Å². The number of ether oxygens (including phenoxy) is 2. The number of hydrogen-bond donors (Lipinski definition) is 0.